The summed E-state index contributed by atoms with van der Waals surface area (Å²) in [4.78, 5) is 11.8. The number of aryl methyl sites for hydroxylation is 1. The molecule has 1 unspecified atom stereocenters. The van der Waals surface area contributed by atoms with Gasteiger partial charge in [-0.3, -0.25) is 9.89 Å². The minimum atomic E-state index is -4.01. The number of H-pyrrole nitrogens is 1. The molecule has 0 aliphatic heterocycles. The molecule has 0 bridgehead atoms. The van der Waals surface area contributed by atoms with Gasteiger partial charge in [-0.1, -0.05) is 20.3 Å². The van der Waals surface area contributed by atoms with E-state index in [1.807, 2.05) is 13.8 Å². The van der Waals surface area contributed by atoms with E-state index in [0.717, 1.165) is 12.8 Å². The summed E-state index contributed by atoms with van der Waals surface area (Å²) in [5.41, 5.74) is 0.165. The van der Waals surface area contributed by atoms with Crippen LogP contribution in [-0.4, -0.2) is 30.6 Å². The third kappa shape index (κ3) is 3.94. The summed E-state index contributed by atoms with van der Waals surface area (Å²) >= 11 is 0. The number of nitrogens with zero attached hydrogens (tertiary/aromatic N) is 1. The highest BCUT2D eigenvalue weighted by Crippen LogP contribution is 2.23. The third-order valence-corrected chi connectivity index (χ3v) is 4.09. The Labute approximate surface area is 117 Å². The Bertz CT molecular complexity index is 554. The van der Waals surface area contributed by atoms with E-state index in [1.165, 1.54) is 0 Å². The van der Waals surface area contributed by atoms with Crippen molar-refractivity contribution in [3.05, 3.63) is 11.4 Å². The minimum Gasteiger partial charge on any atom is -0.348 e. The van der Waals surface area contributed by atoms with Gasteiger partial charge in [-0.2, -0.15) is 5.10 Å². The Hall–Kier alpha value is -1.08. The molecule has 0 aliphatic rings. The fourth-order valence-corrected chi connectivity index (χ4v) is 3.17. The first-order valence-electron chi connectivity index (χ1n) is 6.14. The van der Waals surface area contributed by atoms with Crippen molar-refractivity contribution >= 4 is 25.6 Å². The van der Waals surface area contributed by atoms with Gasteiger partial charge in [-0.05, 0) is 19.8 Å². The summed E-state index contributed by atoms with van der Waals surface area (Å²) in [7, 11) is 1.35. The molecular weight excluding hydrogens is 290 g/mol. The number of amides is 1. The second-order valence-corrected chi connectivity index (χ2v) is 6.84. The molecule has 1 amide bonds. The molecular formula is C11H18ClN3O3S. The minimum absolute atomic E-state index is 0.0508. The average molecular weight is 308 g/mol. The van der Waals surface area contributed by atoms with Crippen molar-refractivity contribution in [2.24, 2.45) is 0 Å². The van der Waals surface area contributed by atoms with Crippen molar-refractivity contribution in [2.45, 2.75) is 51.0 Å². The number of hydrogen-bond donors (Lipinski definition) is 2. The summed E-state index contributed by atoms with van der Waals surface area (Å²) in [6.45, 7) is 5.60. The first-order valence-corrected chi connectivity index (χ1v) is 8.44. The Morgan fingerprint density at radius 3 is 2.58 bits per heavy atom. The quantitative estimate of drug-likeness (QED) is 0.784. The molecule has 108 valence electrons. The van der Waals surface area contributed by atoms with Crippen LogP contribution in [0.1, 0.15) is 49.8 Å². The van der Waals surface area contributed by atoms with Gasteiger partial charge in [0.25, 0.3) is 15.0 Å². The van der Waals surface area contributed by atoms with Gasteiger partial charge in [-0.25, -0.2) is 8.42 Å². The Kier molecular flexibility index (Phi) is 5.37. The van der Waals surface area contributed by atoms with E-state index in [2.05, 4.69) is 15.5 Å². The second-order valence-electron chi connectivity index (χ2n) is 4.33. The van der Waals surface area contributed by atoms with Crippen LogP contribution >= 0.6 is 10.7 Å². The summed E-state index contributed by atoms with van der Waals surface area (Å²) < 4.78 is 23.1. The van der Waals surface area contributed by atoms with E-state index in [-0.39, 0.29) is 16.6 Å². The first-order chi connectivity index (χ1) is 8.81. The predicted molar refractivity (Wildman–Crippen MR) is 72.8 cm³/mol. The molecule has 1 heterocycles. The zero-order valence-electron chi connectivity index (χ0n) is 11.2. The van der Waals surface area contributed by atoms with Crippen LogP contribution in [0.25, 0.3) is 0 Å². The number of carbonyl (C=O) groups excluding carboxylic acids is 1. The maximum Gasteiger partial charge on any atom is 0.273 e. The molecule has 0 saturated carbocycles. The molecule has 19 heavy (non-hydrogen) atoms. The zero-order chi connectivity index (χ0) is 14.6. The number of aromatic nitrogens is 2. The Morgan fingerprint density at radius 2 is 2.11 bits per heavy atom. The number of halogens is 1. The van der Waals surface area contributed by atoms with E-state index in [4.69, 9.17) is 10.7 Å². The Balaban J connectivity index is 3.08. The zero-order valence-corrected chi connectivity index (χ0v) is 12.7. The monoisotopic (exact) mass is 307 g/mol. The maximum atomic E-state index is 12.0. The molecule has 1 aromatic heterocycles. The lowest BCUT2D eigenvalue weighted by Gasteiger charge is -2.11. The van der Waals surface area contributed by atoms with E-state index in [0.29, 0.717) is 12.1 Å². The van der Waals surface area contributed by atoms with Gasteiger partial charge in [0.2, 0.25) is 0 Å². The van der Waals surface area contributed by atoms with Crippen LogP contribution in [0.3, 0.4) is 0 Å². The lowest BCUT2D eigenvalue weighted by molar-refractivity contribution is 0.0930. The van der Waals surface area contributed by atoms with E-state index >= 15 is 0 Å². The number of carbonyl (C=O) groups is 1. The molecule has 1 rings (SSSR count). The smallest absolute Gasteiger partial charge is 0.273 e. The van der Waals surface area contributed by atoms with Gasteiger partial charge < -0.3 is 5.32 Å². The van der Waals surface area contributed by atoms with Crippen LogP contribution < -0.4 is 5.32 Å². The molecule has 0 fully saturated rings. The molecule has 0 aromatic carbocycles. The van der Waals surface area contributed by atoms with Gasteiger partial charge in [0.1, 0.15) is 4.90 Å². The van der Waals surface area contributed by atoms with Gasteiger partial charge in [0.15, 0.2) is 5.69 Å². The highest BCUT2D eigenvalue weighted by molar-refractivity contribution is 8.13. The molecule has 1 atom stereocenters. The molecule has 6 nitrogen and oxygen atoms in total. The highest BCUT2D eigenvalue weighted by Gasteiger charge is 2.28. The number of aromatic amines is 1. The van der Waals surface area contributed by atoms with E-state index in [9.17, 15) is 13.2 Å². The van der Waals surface area contributed by atoms with Crippen LogP contribution in [0.4, 0.5) is 0 Å². The summed E-state index contributed by atoms with van der Waals surface area (Å²) in [6.07, 6.45) is 2.12. The van der Waals surface area contributed by atoms with Crippen molar-refractivity contribution in [3.8, 4) is 0 Å². The van der Waals surface area contributed by atoms with Gasteiger partial charge >= 0.3 is 0 Å². The SMILES string of the molecule is CCCC(C)NC(=O)c1n[nH]c(CC)c1S(=O)(=O)Cl. The summed E-state index contributed by atoms with van der Waals surface area (Å²) in [5.74, 6) is -0.531. The van der Waals surface area contributed by atoms with Crippen LogP contribution in [-0.2, 0) is 15.5 Å². The Morgan fingerprint density at radius 1 is 1.47 bits per heavy atom. The molecule has 0 spiro atoms. The second kappa shape index (κ2) is 6.38. The molecule has 0 radical (unpaired) electrons. The summed E-state index contributed by atoms with van der Waals surface area (Å²) in [5, 5.41) is 9.01. The first kappa shape index (κ1) is 16.0. The molecule has 8 heteroatoms. The molecule has 2 N–H and O–H groups in total. The van der Waals surface area contributed by atoms with Gasteiger partial charge in [0, 0.05) is 16.7 Å². The fourth-order valence-electron chi connectivity index (χ4n) is 1.82. The highest BCUT2D eigenvalue weighted by atomic mass is 35.7. The third-order valence-electron chi connectivity index (χ3n) is 2.70. The van der Waals surface area contributed by atoms with Crippen LogP contribution in [0.5, 0.6) is 0 Å². The van der Waals surface area contributed by atoms with Gasteiger partial charge in [-0.15, -0.1) is 0 Å². The molecule has 1 aromatic rings. The van der Waals surface area contributed by atoms with Crippen molar-refractivity contribution < 1.29 is 13.2 Å². The van der Waals surface area contributed by atoms with E-state index in [1.54, 1.807) is 6.92 Å². The van der Waals surface area contributed by atoms with Crippen molar-refractivity contribution in [2.75, 3.05) is 0 Å². The standard InChI is InChI=1S/C11H18ClN3O3S/c1-4-6-7(3)13-11(16)9-10(19(12,17)18)8(5-2)14-15-9/h7H,4-6H2,1-3H3,(H,13,16)(H,14,15). The lowest BCUT2D eigenvalue weighted by atomic mass is 10.2. The van der Waals surface area contributed by atoms with Crippen molar-refractivity contribution in [1.29, 1.82) is 0 Å². The van der Waals surface area contributed by atoms with Crippen LogP contribution in [0.2, 0.25) is 0 Å². The van der Waals surface area contributed by atoms with Gasteiger partial charge in [0.05, 0.1) is 5.69 Å². The fraction of sp³-hybridized carbons (Fsp3) is 0.636. The average Bonchev–Trinajstić information content (AvgIpc) is 2.72. The number of nitrogens with one attached hydrogen (secondary N) is 2. The summed E-state index contributed by atoms with van der Waals surface area (Å²) in [6, 6.07) is -0.0508. The largest absolute Gasteiger partial charge is 0.348 e. The van der Waals surface area contributed by atoms with Crippen LogP contribution in [0, 0.1) is 0 Å². The van der Waals surface area contributed by atoms with Crippen LogP contribution in [0.15, 0.2) is 4.90 Å². The normalized spacial score (nSPS) is 13.3. The topological polar surface area (TPSA) is 91.9 Å². The van der Waals surface area contributed by atoms with Crippen molar-refractivity contribution in [1.82, 2.24) is 15.5 Å². The number of rotatable bonds is 6. The van der Waals surface area contributed by atoms with E-state index < -0.39 is 15.0 Å². The van der Waals surface area contributed by atoms with Crippen molar-refractivity contribution in [3.63, 3.8) is 0 Å². The lowest BCUT2D eigenvalue weighted by Crippen LogP contribution is -2.33. The maximum absolute atomic E-state index is 12.0. The molecule has 0 aliphatic carbocycles. The molecule has 0 saturated heterocycles. The number of hydrogen-bond acceptors (Lipinski definition) is 4. The predicted octanol–water partition coefficient (Wildman–Crippen LogP) is 1.82.